The van der Waals surface area contributed by atoms with Crippen molar-refractivity contribution in [3.05, 3.63) is 83.0 Å². The van der Waals surface area contributed by atoms with E-state index < -0.39 is 5.97 Å². The summed E-state index contributed by atoms with van der Waals surface area (Å²) in [6, 6.07) is 8.63. The van der Waals surface area contributed by atoms with Crippen molar-refractivity contribution in [2.75, 3.05) is 26.2 Å². The number of carboxylic acid groups (broad SMARTS) is 1. The molecule has 1 aliphatic carbocycles. The van der Waals surface area contributed by atoms with Crippen LogP contribution in [0.25, 0.3) is 0 Å². The summed E-state index contributed by atoms with van der Waals surface area (Å²) in [6.45, 7) is 2.68. The molecule has 3 aliphatic rings. The zero-order chi connectivity index (χ0) is 29.6. The van der Waals surface area contributed by atoms with Gasteiger partial charge in [0.1, 0.15) is 6.54 Å². The molecule has 4 aromatic rings. The molecule has 2 aliphatic heterocycles. The molecule has 7 rings (SSSR count). The van der Waals surface area contributed by atoms with Crippen molar-refractivity contribution in [3.63, 3.8) is 0 Å². The summed E-state index contributed by atoms with van der Waals surface area (Å²) in [5.41, 5.74) is 2.30. The number of carbonyl (C=O) groups is 3. The predicted molar refractivity (Wildman–Crippen MR) is 150 cm³/mol. The Kier molecular flexibility index (Phi) is 6.79. The van der Waals surface area contributed by atoms with Gasteiger partial charge in [0, 0.05) is 49.9 Å². The molecular formula is C30H32N8O5. The number of likely N-dealkylation sites (tertiary alicyclic amines) is 2. The van der Waals surface area contributed by atoms with E-state index in [1.54, 1.807) is 51.1 Å². The molecule has 1 aromatic carbocycles. The normalized spacial score (nSPS) is 19.7. The predicted octanol–water partition coefficient (Wildman–Crippen LogP) is 2.61. The van der Waals surface area contributed by atoms with Gasteiger partial charge in [0.05, 0.1) is 35.5 Å². The average molecular weight is 585 g/mol. The lowest BCUT2D eigenvalue weighted by Crippen LogP contribution is -2.59. The average Bonchev–Trinajstić information content (AvgIpc) is 3.82. The Bertz CT molecular complexity index is 1640. The molecule has 1 unspecified atom stereocenters. The third kappa shape index (κ3) is 5.19. The second-order valence-corrected chi connectivity index (χ2v) is 12.0. The first-order valence-electron chi connectivity index (χ1n) is 14.6. The lowest BCUT2D eigenvalue weighted by Gasteiger charge is -2.48. The Morgan fingerprint density at radius 1 is 1.02 bits per heavy atom. The number of hydrogen-bond donors (Lipinski definition) is 1. The van der Waals surface area contributed by atoms with Crippen LogP contribution in [0.1, 0.15) is 81.2 Å². The first-order chi connectivity index (χ1) is 20.9. The Balaban J connectivity index is 1.04. The van der Waals surface area contributed by atoms with Crippen LogP contribution in [0.3, 0.4) is 0 Å². The Hall–Kier alpha value is -4.81. The van der Waals surface area contributed by atoms with E-state index in [1.165, 1.54) is 25.7 Å². The number of aromatic carboxylic acids is 1. The van der Waals surface area contributed by atoms with Gasteiger partial charge in [0.25, 0.3) is 5.91 Å². The van der Waals surface area contributed by atoms with Crippen LogP contribution in [0.2, 0.25) is 0 Å². The van der Waals surface area contributed by atoms with Crippen LogP contribution in [0.5, 0.6) is 0 Å². The van der Waals surface area contributed by atoms with Gasteiger partial charge in [0.2, 0.25) is 12.3 Å². The zero-order valence-electron chi connectivity index (χ0n) is 23.6. The minimum atomic E-state index is -0.981. The van der Waals surface area contributed by atoms with Gasteiger partial charge >= 0.3 is 5.97 Å². The fourth-order valence-corrected chi connectivity index (χ4v) is 6.84. The van der Waals surface area contributed by atoms with Crippen LogP contribution in [-0.4, -0.2) is 89.1 Å². The summed E-state index contributed by atoms with van der Waals surface area (Å²) in [5.74, 6) is 0.210. The molecule has 2 saturated heterocycles. The third-order valence-electron chi connectivity index (χ3n) is 9.07. The number of rotatable bonds is 9. The molecular weight excluding hydrogens is 552 g/mol. The standard InChI is InChI=1S/C30H32N8O5/c39-19-35-16-30(17-35)18-36(28(40)23-11-31-38(13-23)12-20-5-7-22(8-6-20)29(41)42)14-24(30)27-32-26(43-34-27)15-37-10-9-25(33-37)21-3-1-2-4-21/h5-11,13,19,21,24H,1-4,12,14-18H2,(H,41,42). The van der Waals surface area contributed by atoms with Crippen molar-refractivity contribution in [1.29, 1.82) is 0 Å². The third-order valence-corrected chi connectivity index (χ3v) is 9.07. The number of benzene rings is 1. The minimum Gasteiger partial charge on any atom is -0.478 e. The number of nitrogens with zero attached hydrogens (tertiary/aromatic N) is 8. The van der Waals surface area contributed by atoms with Crippen molar-refractivity contribution in [3.8, 4) is 0 Å². The van der Waals surface area contributed by atoms with Crippen molar-refractivity contribution in [2.45, 2.75) is 50.6 Å². The molecule has 3 fully saturated rings. The number of carboxylic acids is 1. The Morgan fingerprint density at radius 2 is 1.81 bits per heavy atom. The molecule has 222 valence electrons. The van der Waals surface area contributed by atoms with E-state index in [9.17, 15) is 14.4 Å². The number of aromatic nitrogens is 6. The van der Waals surface area contributed by atoms with Gasteiger partial charge in [0.15, 0.2) is 5.82 Å². The highest BCUT2D eigenvalue weighted by molar-refractivity contribution is 5.94. The Labute approximate surface area is 247 Å². The van der Waals surface area contributed by atoms with E-state index in [-0.39, 0.29) is 22.8 Å². The van der Waals surface area contributed by atoms with E-state index in [0.29, 0.717) is 62.5 Å². The second kappa shape index (κ2) is 10.8. The summed E-state index contributed by atoms with van der Waals surface area (Å²) in [6.07, 6.45) is 10.9. The number of hydrogen-bond acceptors (Lipinski definition) is 8. The lowest BCUT2D eigenvalue weighted by molar-refractivity contribution is -0.129. The number of amides is 2. The van der Waals surface area contributed by atoms with Crippen LogP contribution in [0.4, 0.5) is 0 Å². The SMILES string of the molecule is O=CN1CC2(C1)CN(C(=O)c1cnn(Cc3ccc(C(=O)O)cc3)c1)CC2c1noc(Cn2ccc(C3CCCC3)n2)n1. The molecule has 1 saturated carbocycles. The topological polar surface area (TPSA) is 152 Å². The summed E-state index contributed by atoms with van der Waals surface area (Å²) in [7, 11) is 0. The fraction of sp³-hybridized carbons (Fsp3) is 0.433. The molecule has 1 atom stereocenters. The fourth-order valence-electron chi connectivity index (χ4n) is 6.84. The van der Waals surface area contributed by atoms with Crippen molar-refractivity contribution >= 4 is 18.3 Å². The van der Waals surface area contributed by atoms with Gasteiger partial charge in [-0.1, -0.05) is 30.1 Å². The maximum Gasteiger partial charge on any atom is 0.335 e. The van der Waals surface area contributed by atoms with E-state index in [4.69, 9.17) is 19.7 Å². The molecule has 0 radical (unpaired) electrons. The quantitative estimate of drug-likeness (QED) is 0.293. The highest BCUT2D eigenvalue weighted by atomic mass is 16.5. The molecule has 1 spiro atoms. The van der Waals surface area contributed by atoms with Crippen LogP contribution >= 0.6 is 0 Å². The number of carbonyl (C=O) groups excluding carboxylic acids is 2. The maximum atomic E-state index is 13.6. The van der Waals surface area contributed by atoms with Gasteiger partial charge in [-0.05, 0) is 36.6 Å². The van der Waals surface area contributed by atoms with E-state index >= 15 is 0 Å². The van der Waals surface area contributed by atoms with Crippen molar-refractivity contribution in [2.24, 2.45) is 5.41 Å². The van der Waals surface area contributed by atoms with Crippen molar-refractivity contribution < 1.29 is 24.0 Å². The molecule has 13 nitrogen and oxygen atoms in total. The summed E-state index contributed by atoms with van der Waals surface area (Å²) < 4.78 is 9.13. The van der Waals surface area contributed by atoms with Crippen LogP contribution in [0.15, 0.2) is 53.4 Å². The van der Waals surface area contributed by atoms with E-state index in [2.05, 4.69) is 16.3 Å². The molecule has 1 N–H and O–H groups in total. The summed E-state index contributed by atoms with van der Waals surface area (Å²) in [4.78, 5) is 44.4. The van der Waals surface area contributed by atoms with E-state index in [1.807, 2.05) is 10.9 Å². The highest BCUT2D eigenvalue weighted by Crippen LogP contribution is 2.48. The molecule has 13 heteroatoms. The molecule has 0 bridgehead atoms. The monoisotopic (exact) mass is 584 g/mol. The lowest BCUT2D eigenvalue weighted by atomic mass is 9.71. The highest BCUT2D eigenvalue weighted by Gasteiger charge is 2.57. The van der Waals surface area contributed by atoms with Gasteiger partial charge in [-0.15, -0.1) is 0 Å². The van der Waals surface area contributed by atoms with Crippen LogP contribution in [0, 0.1) is 5.41 Å². The van der Waals surface area contributed by atoms with Crippen molar-refractivity contribution in [1.82, 2.24) is 39.5 Å². The van der Waals surface area contributed by atoms with Gasteiger partial charge in [-0.2, -0.15) is 15.2 Å². The summed E-state index contributed by atoms with van der Waals surface area (Å²) >= 11 is 0. The van der Waals surface area contributed by atoms with E-state index in [0.717, 1.165) is 17.7 Å². The largest absolute Gasteiger partial charge is 0.478 e. The Morgan fingerprint density at radius 3 is 2.56 bits per heavy atom. The first kappa shape index (κ1) is 27.0. The molecule has 5 heterocycles. The van der Waals surface area contributed by atoms with Gasteiger partial charge in [-0.25, -0.2) is 4.79 Å². The van der Waals surface area contributed by atoms with Gasteiger partial charge in [-0.3, -0.25) is 19.0 Å². The summed E-state index contributed by atoms with van der Waals surface area (Å²) in [5, 5.41) is 22.5. The molecule has 2 amide bonds. The van der Waals surface area contributed by atoms with Crippen LogP contribution in [-0.2, 0) is 17.9 Å². The van der Waals surface area contributed by atoms with Gasteiger partial charge < -0.3 is 19.4 Å². The first-order valence-corrected chi connectivity index (χ1v) is 14.6. The minimum absolute atomic E-state index is 0.154. The van der Waals surface area contributed by atoms with Crippen LogP contribution < -0.4 is 0 Å². The zero-order valence-corrected chi connectivity index (χ0v) is 23.6. The molecule has 3 aromatic heterocycles. The smallest absolute Gasteiger partial charge is 0.335 e. The second-order valence-electron chi connectivity index (χ2n) is 12.0. The maximum absolute atomic E-state index is 13.6. The molecule has 43 heavy (non-hydrogen) atoms.